The Morgan fingerprint density at radius 3 is 1.52 bits per heavy atom. The maximum absolute atomic E-state index is 12.0. The van der Waals surface area contributed by atoms with Gasteiger partial charge in [0.05, 0.1) is 47.9 Å². The third-order valence-corrected chi connectivity index (χ3v) is 9.48. The highest BCUT2D eigenvalue weighted by atomic mass is 35.5. The second-order valence-corrected chi connectivity index (χ2v) is 15.9. The van der Waals surface area contributed by atoms with E-state index < -0.39 is 0 Å². The second kappa shape index (κ2) is 22.7. The molecule has 0 saturated carbocycles. The minimum absolute atomic E-state index is 0. The summed E-state index contributed by atoms with van der Waals surface area (Å²) in [7, 11) is 4.69. The fourth-order valence-corrected chi connectivity index (χ4v) is 6.92. The number of ether oxygens (including phenoxy) is 3. The van der Waals surface area contributed by atoms with Gasteiger partial charge in [-0.2, -0.15) is 0 Å². The first kappa shape index (κ1) is 48.9. The number of benzene rings is 3. The van der Waals surface area contributed by atoms with Gasteiger partial charge in [-0.1, -0.05) is 119 Å². The zero-order valence-corrected chi connectivity index (χ0v) is 36.8. The van der Waals surface area contributed by atoms with Gasteiger partial charge in [0, 0.05) is 33.6 Å². The molecule has 0 atom stereocenters. The van der Waals surface area contributed by atoms with Gasteiger partial charge < -0.3 is 24.9 Å². The molecule has 3 N–H and O–H groups in total. The number of halogens is 6. The van der Waals surface area contributed by atoms with Crippen LogP contribution in [0.4, 0.5) is 0 Å². The van der Waals surface area contributed by atoms with Crippen LogP contribution in [0.15, 0.2) is 59.4 Å². The zero-order valence-electron chi connectivity index (χ0n) is 32.2. The molecule has 6 aromatic rings. The van der Waals surface area contributed by atoms with Crippen LogP contribution in [0.2, 0.25) is 30.3 Å². The molecule has 0 spiro atoms. The summed E-state index contributed by atoms with van der Waals surface area (Å²) in [4.78, 5) is 23.9. The highest BCUT2D eigenvalue weighted by Gasteiger charge is 2.14. The van der Waals surface area contributed by atoms with E-state index in [4.69, 9.17) is 89.5 Å². The van der Waals surface area contributed by atoms with Crippen LogP contribution >= 0.6 is 69.6 Å². The molecule has 0 saturated heterocycles. The van der Waals surface area contributed by atoms with Crippen LogP contribution in [0.3, 0.4) is 0 Å². The molecule has 0 aliphatic heterocycles. The van der Waals surface area contributed by atoms with Crippen molar-refractivity contribution < 1.29 is 14.2 Å². The summed E-state index contributed by atoms with van der Waals surface area (Å²) in [6.07, 6.45) is 1.70. The number of pyridine rings is 3. The number of hydrogen-bond acceptors (Lipinski definition) is 7. The largest absolute Gasteiger partial charge is 0.495 e. The molecule has 6 rings (SSSR count). The Morgan fingerprint density at radius 1 is 0.625 bits per heavy atom. The summed E-state index contributed by atoms with van der Waals surface area (Å²) in [5.41, 5.74) is 8.87. The van der Waals surface area contributed by atoms with Gasteiger partial charge in [0.15, 0.2) is 5.43 Å². The number of nitrogens with one attached hydrogen (secondary N) is 1. The Balaban J connectivity index is 0.000000275. The van der Waals surface area contributed by atoms with Crippen molar-refractivity contribution in [3.63, 3.8) is 0 Å². The lowest BCUT2D eigenvalue weighted by Crippen LogP contribution is -2.07. The topological polar surface area (TPSA) is 112 Å². The molecule has 0 bridgehead atoms. The second-order valence-electron chi connectivity index (χ2n) is 13.6. The van der Waals surface area contributed by atoms with E-state index in [-0.39, 0.29) is 12.9 Å². The van der Waals surface area contributed by atoms with Crippen molar-refractivity contribution in [2.75, 3.05) is 21.3 Å². The average Bonchev–Trinajstić information content (AvgIpc) is 3.09. The zero-order chi connectivity index (χ0) is 41.1. The Hall–Kier alpha value is -3.21. The number of nitrogens with zero attached hydrogens (tertiary/aromatic N) is 2. The molecular formula is C42H50Cl6N4O4. The number of aromatic amines is 1. The van der Waals surface area contributed by atoms with Gasteiger partial charge in [0.2, 0.25) is 0 Å². The number of H-pyrrole nitrogens is 1. The van der Waals surface area contributed by atoms with Crippen LogP contribution in [0.25, 0.3) is 32.7 Å². The molecule has 0 aliphatic rings. The Labute approximate surface area is 359 Å². The van der Waals surface area contributed by atoms with E-state index in [2.05, 4.69) is 42.6 Å². The number of hydrogen-bond donors (Lipinski definition) is 2. The third kappa shape index (κ3) is 13.2. The van der Waals surface area contributed by atoms with Crippen LogP contribution in [-0.2, 0) is 12.8 Å². The van der Waals surface area contributed by atoms with E-state index in [1.165, 1.54) is 0 Å². The first-order valence-corrected chi connectivity index (χ1v) is 19.6. The molecule has 0 aliphatic carbocycles. The van der Waals surface area contributed by atoms with Crippen molar-refractivity contribution in [3.05, 3.63) is 106 Å². The van der Waals surface area contributed by atoms with Crippen molar-refractivity contribution in [1.29, 1.82) is 0 Å². The monoisotopic (exact) mass is 884 g/mol. The lowest BCUT2D eigenvalue weighted by atomic mass is 10.1. The van der Waals surface area contributed by atoms with E-state index in [9.17, 15) is 4.79 Å². The maximum atomic E-state index is 12.0. The molecule has 0 amide bonds. The molecule has 0 fully saturated rings. The van der Waals surface area contributed by atoms with Crippen LogP contribution in [-0.4, -0.2) is 42.3 Å². The number of aromatic nitrogens is 3. The fraction of sp³-hybridized carbons (Fsp3) is 0.357. The molecule has 3 aromatic heterocycles. The minimum atomic E-state index is -0.0102. The van der Waals surface area contributed by atoms with Crippen molar-refractivity contribution in [2.45, 2.75) is 67.9 Å². The quantitative estimate of drug-likeness (QED) is 0.154. The molecule has 56 heavy (non-hydrogen) atoms. The van der Waals surface area contributed by atoms with Crippen LogP contribution in [0.1, 0.15) is 60.4 Å². The van der Waals surface area contributed by atoms with Crippen LogP contribution < -0.4 is 25.4 Å². The summed E-state index contributed by atoms with van der Waals surface area (Å²) in [6.45, 7) is 12.4. The number of methoxy groups -OCH3 is 3. The molecule has 8 nitrogen and oxygen atoms in total. The predicted molar refractivity (Wildman–Crippen MR) is 241 cm³/mol. The van der Waals surface area contributed by atoms with Gasteiger partial charge in [-0.3, -0.25) is 9.78 Å². The van der Waals surface area contributed by atoms with E-state index in [1.54, 1.807) is 63.8 Å². The molecule has 0 unspecified atom stereocenters. The molecule has 3 heterocycles. The Bertz CT molecular complexity index is 2290. The van der Waals surface area contributed by atoms with Gasteiger partial charge in [0.25, 0.3) is 0 Å². The summed E-state index contributed by atoms with van der Waals surface area (Å²) in [5, 5.41) is 5.10. The van der Waals surface area contributed by atoms with Gasteiger partial charge in [-0.15, -0.1) is 0 Å². The molecule has 304 valence electrons. The molecule has 14 heteroatoms. The molecule has 0 radical (unpaired) electrons. The van der Waals surface area contributed by atoms with E-state index >= 15 is 0 Å². The smallest absolute Gasteiger partial charge is 0.189 e. The highest BCUT2D eigenvalue weighted by molar-refractivity contribution is 6.42. The lowest BCUT2D eigenvalue weighted by Gasteiger charge is -2.10. The number of fused-ring (bicyclic) bond motifs is 3. The number of rotatable bonds is 7. The Morgan fingerprint density at radius 2 is 1.05 bits per heavy atom. The van der Waals surface area contributed by atoms with Crippen molar-refractivity contribution in [1.82, 2.24) is 15.0 Å². The van der Waals surface area contributed by atoms with Crippen molar-refractivity contribution in [2.24, 2.45) is 17.6 Å². The van der Waals surface area contributed by atoms with E-state index in [0.29, 0.717) is 87.3 Å². The molecule has 3 aromatic carbocycles. The fourth-order valence-electron chi connectivity index (χ4n) is 5.28. The van der Waals surface area contributed by atoms with Gasteiger partial charge in [0.1, 0.15) is 37.5 Å². The van der Waals surface area contributed by atoms with Crippen LogP contribution in [0, 0.1) is 11.8 Å². The summed E-state index contributed by atoms with van der Waals surface area (Å²) in [5.74, 6) is 2.74. The minimum Gasteiger partial charge on any atom is -0.495 e. The van der Waals surface area contributed by atoms with Crippen LogP contribution in [0.5, 0.6) is 17.2 Å². The standard InChI is InChI=1S/C14H15Cl2NO.C14H16ClNO2.C10H6Cl3NO.C3H9N.CH4/c1-8(2)6-9-7-11(15)10-4-5-12(18-3)13(16)14(10)17-9;1-8(2)6-9-7-11(17)10-4-5-12(18-3)13(15)14(10)16-9;1-15-7-3-2-5-6(11)4-8(12)14-10(5)9(7)13;1-3(2)4;/h4-5,7-8H,6H2,1-3H3;4-5,7-8H,6H2,1-3H3,(H,16,17);2-4H,1H3;3H,4H2,1-2H3;1H4. The van der Waals surface area contributed by atoms with Gasteiger partial charge >= 0.3 is 0 Å². The SMILES string of the molecule is C.CC(C)N.COc1ccc2c(=O)cc(CC(C)C)[nH]c2c1Cl.COc1ccc2c(Cl)cc(CC(C)C)nc2c1Cl.COc1ccc2c(Cl)cc(Cl)nc2c1Cl. The van der Waals surface area contributed by atoms with E-state index in [1.807, 2.05) is 26.0 Å². The predicted octanol–water partition coefficient (Wildman–Crippen LogP) is 13.3. The van der Waals surface area contributed by atoms with Crippen molar-refractivity contribution in [3.8, 4) is 17.2 Å². The first-order valence-electron chi connectivity index (χ1n) is 17.4. The Kier molecular flexibility index (Phi) is 19.8. The van der Waals surface area contributed by atoms with Crippen molar-refractivity contribution >= 4 is 102 Å². The lowest BCUT2D eigenvalue weighted by molar-refractivity contribution is 0.415. The highest BCUT2D eigenvalue weighted by Crippen LogP contribution is 2.37. The third-order valence-electron chi connectivity index (χ3n) is 7.56. The molecular weight excluding hydrogens is 837 g/mol. The van der Waals surface area contributed by atoms with Gasteiger partial charge in [-0.05, 0) is 79.3 Å². The first-order chi connectivity index (χ1) is 25.9. The van der Waals surface area contributed by atoms with Gasteiger partial charge in [-0.25, -0.2) is 4.98 Å². The average molecular weight is 888 g/mol. The normalized spacial score (nSPS) is 10.7. The summed E-state index contributed by atoms with van der Waals surface area (Å²) >= 11 is 36.7. The summed E-state index contributed by atoms with van der Waals surface area (Å²) in [6, 6.07) is 16.1. The summed E-state index contributed by atoms with van der Waals surface area (Å²) < 4.78 is 15.4. The number of nitrogens with two attached hydrogens (primary N) is 1. The van der Waals surface area contributed by atoms with E-state index in [0.717, 1.165) is 35.0 Å². The maximum Gasteiger partial charge on any atom is 0.189 e.